The summed E-state index contributed by atoms with van der Waals surface area (Å²) < 4.78 is 11.2. The van der Waals surface area contributed by atoms with Crippen LogP contribution >= 0.6 is 0 Å². The van der Waals surface area contributed by atoms with Crippen molar-refractivity contribution in [3.63, 3.8) is 0 Å². The number of alkyl carbamates (subject to hydrolysis) is 1. The minimum atomic E-state index is -0.628. The van der Waals surface area contributed by atoms with E-state index in [1.807, 2.05) is 0 Å². The minimum absolute atomic E-state index is 0.0140. The molecule has 1 heterocycles. The molecule has 3 unspecified atom stereocenters. The Morgan fingerprint density at radius 2 is 2.24 bits per heavy atom. The Bertz CT molecular complexity index is 467. The highest BCUT2D eigenvalue weighted by Gasteiger charge is 2.55. The maximum Gasteiger partial charge on any atom is 0.414 e. The number of ether oxygens (including phenoxy) is 2. The third kappa shape index (κ3) is 3.28. The predicted molar refractivity (Wildman–Crippen MR) is 76.7 cm³/mol. The number of rotatable bonds is 2. The highest BCUT2D eigenvalue weighted by Crippen LogP contribution is 2.51. The van der Waals surface area contributed by atoms with Gasteiger partial charge in [0.2, 0.25) is 5.91 Å². The number of hydrogen-bond acceptors (Lipinski definition) is 4. The van der Waals surface area contributed by atoms with Crippen LogP contribution in [0.4, 0.5) is 4.79 Å². The average molecular weight is 293 g/mol. The predicted octanol–water partition coefficient (Wildman–Crippen LogP) is 2.70. The van der Waals surface area contributed by atoms with Gasteiger partial charge in [0.1, 0.15) is 6.10 Å². The molecule has 5 nitrogen and oxygen atoms in total. The number of amides is 2. The van der Waals surface area contributed by atoms with Crippen LogP contribution in [0, 0.1) is 5.92 Å². The molecule has 0 aromatic rings. The number of imide groups is 1. The van der Waals surface area contributed by atoms with E-state index >= 15 is 0 Å². The fraction of sp³-hybridized carbons (Fsp3) is 0.750. The standard InChI is InChI=1S/C16H23NO4/c1-11(18)17-15(19)21-13-7-8-16(10-20-16)14(9-13)12-5-3-2-4-6-12/h5,13-14H,2-4,6-10H2,1H3,(H,17,18,19). The van der Waals surface area contributed by atoms with Gasteiger partial charge in [-0.25, -0.2) is 4.79 Å². The zero-order chi connectivity index (χ0) is 14.9. The second-order valence-electron chi connectivity index (χ2n) is 6.41. The largest absolute Gasteiger partial charge is 0.446 e. The number of epoxide rings is 1. The second kappa shape index (κ2) is 5.79. The molecule has 21 heavy (non-hydrogen) atoms. The second-order valence-corrected chi connectivity index (χ2v) is 6.41. The van der Waals surface area contributed by atoms with Gasteiger partial charge in [-0.2, -0.15) is 0 Å². The normalized spacial score (nSPS) is 35.0. The van der Waals surface area contributed by atoms with E-state index in [2.05, 4.69) is 11.4 Å². The topological polar surface area (TPSA) is 67.9 Å². The molecule has 0 radical (unpaired) electrons. The first-order chi connectivity index (χ1) is 10.1. The van der Waals surface area contributed by atoms with E-state index in [0.29, 0.717) is 5.92 Å². The summed E-state index contributed by atoms with van der Waals surface area (Å²) in [4.78, 5) is 22.5. The van der Waals surface area contributed by atoms with Crippen LogP contribution < -0.4 is 5.32 Å². The molecule has 2 aliphatic carbocycles. The third-order valence-electron chi connectivity index (χ3n) is 4.86. The third-order valence-corrected chi connectivity index (χ3v) is 4.86. The molecule has 2 amide bonds. The molecule has 1 saturated heterocycles. The van der Waals surface area contributed by atoms with Crippen molar-refractivity contribution in [3.8, 4) is 0 Å². The molecule has 2 fully saturated rings. The lowest BCUT2D eigenvalue weighted by Crippen LogP contribution is -2.40. The summed E-state index contributed by atoms with van der Waals surface area (Å²) in [5.41, 5.74) is 1.50. The number of hydrogen-bond donors (Lipinski definition) is 1. The number of carbonyl (C=O) groups excluding carboxylic acids is 2. The zero-order valence-electron chi connectivity index (χ0n) is 12.5. The summed E-state index contributed by atoms with van der Waals surface area (Å²) in [6, 6.07) is 0. The van der Waals surface area contributed by atoms with Gasteiger partial charge in [0.25, 0.3) is 0 Å². The maximum atomic E-state index is 11.6. The SMILES string of the molecule is CC(=O)NC(=O)OC1CCC2(CO2)C(C2=CCCCC2)C1. The van der Waals surface area contributed by atoms with E-state index in [1.165, 1.54) is 25.3 Å². The summed E-state index contributed by atoms with van der Waals surface area (Å²) in [6.07, 6.45) is 8.98. The lowest BCUT2D eigenvalue weighted by Gasteiger charge is -2.36. The summed E-state index contributed by atoms with van der Waals surface area (Å²) in [5.74, 6) is -0.00831. The van der Waals surface area contributed by atoms with E-state index in [4.69, 9.17) is 9.47 Å². The van der Waals surface area contributed by atoms with Crippen LogP contribution in [0.15, 0.2) is 11.6 Å². The Labute approximate surface area is 125 Å². The summed E-state index contributed by atoms with van der Waals surface area (Å²) in [6.45, 7) is 2.15. The first-order valence-electron chi connectivity index (χ1n) is 7.90. The summed E-state index contributed by atoms with van der Waals surface area (Å²) >= 11 is 0. The van der Waals surface area contributed by atoms with Crippen molar-refractivity contribution in [1.82, 2.24) is 5.32 Å². The molecule has 0 aromatic heterocycles. The summed E-state index contributed by atoms with van der Waals surface area (Å²) in [7, 11) is 0. The molecule has 1 N–H and O–H groups in total. The zero-order valence-corrected chi connectivity index (χ0v) is 12.5. The van der Waals surface area contributed by atoms with Gasteiger partial charge in [-0.15, -0.1) is 0 Å². The van der Waals surface area contributed by atoms with Crippen molar-refractivity contribution >= 4 is 12.0 Å². The molecule has 3 aliphatic rings. The summed E-state index contributed by atoms with van der Waals surface area (Å²) in [5, 5.41) is 2.17. The van der Waals surface area contributed by atoms with Crippen molar-refractivity contribution in [2.75, 3.05) is 6.61 Å². The van der Waals surface area contributed by atoms with E-state index in [1.54, 1.807) is 0 Å². The van der Waals surface area contributed by atoms with Crippen LogP contribution in [-0.4, -0.2) is 30.3 Å². The Kier molecular flexibility index (Phi) is 4.02. The van der Waals surface area contributed by atoms with E-state index in [-0.39, 0.29) is 17.6 Å². The molecule has 3 atom stereocenters. The van der Waals surface area contributed by atoms with Gasteiger partial charge < -0.3 is 9.47 Å². The smallest absolute Gasteiger partial charge is 0.414 e. The van der Waals surface area contributed by atoms with Gasteiger partial charge in [0, 0.05) is 12.8 Å². The Morgan fingerprint density at radius 3 is 2.86 bits per heavy atom. The Hall–Kier alpha value is -1.36. The Balaban J connectivity index is 1.63. The van der Waals surface area contributed by atoms with Gasteiger partial charge in [0.05, 0.1) is 12.2 Å². The number of carbonyl (C=O) groups is 2. The maximum absolute atomic E-state index is 11.6. The minimum Gasteiger partial charge on any atom is -0.446 e. The molecule has 1 spiro atoms. The van der Waals surface area contributed by atoms with Crippen LogP contribution in [0.25, 0.3) is 0 Å². The molecule has 3 rings (SSSR count). The lowest BCUT2D eigenvalue weighted by molar-refractivity contribution is -0.118. The van der Waals surface area contributed by atoms with Crippen LogP contribution in [0.5, 0.6) is 0 Å². The van der Waals surface area contributed by atoms with Crippen molar-refractivity contribution in [3.05, 3.63) is 11.6 Å². The molecule has 5 heteroatoms. The fourth-order valence-corrected chi connectivity index (χ4v) is 3.71. The number of nitrogens with one attached hydrogen (secondary N) is 1. The highest BCUT2D eigenvalue weighted by atomic mass is 16.6. The van der Waals surface area contributed by atoms with Crippen molar-refractivity contribution in [2.45, 2.75) is 63.6 Å². The molecule has 116 valence electrons. The highest BCUT2D eigenvalue weighted by molar-refractivity contribution is 5.90. The monoisotopic (exact) mass is 293 g/mol. The van der Waals surface area contributed by atoms with Gasteiger partial charge in [-0.05, 0) is 44.9 Å². The van der Waals surface area contributed by atoms with Crippen LogP contribution in [-0.2, 0) is 14.3 Å². The average Bonchev–Trinajstić information content (AvgIpc) is 3.22. The van der Waals surface area contributed by atoms with Crippen LogP contribution in [0.1, 0.15) is 51.9 Å². The Morgan fingerprint density at radius 1 is 1.43 bits per heavy atom. The van der Waals surface area contributed by atoms with Crippen LogP contribution in [0.2, 0.25) is 0 Å². The first-order valence-corrected chi connectivity index (χ1v) is 7.90. The van der Waals surface area contributed by atoms with Gasteiger partial charge in [-0.3, -0.25) is 10.1 Å². The quantitative estimate of drug-likeness (QED) is 0.628. The molecule has 1 aliphatic heterocycles. The molecule has 0 aromatic carbocycles. The molecule has 0 bridgehead atoms. The van der Waals surface area contributed by atoms with Gasteiger partial charge in [-0.1, -0.05) is 11.6 Å². The van der Waals surface area contributed by atoms with Crippen molar-refractivity contribution < 1.29 is 19.1 Å². The molecular formula is C16H23NO4. The van der Waals surface area contributed by atoms with E-state index < -0.39 is 6.09 Å². The van der Waals surface area contributed by atoms with Crippen LogP contribution in [0.3, 0.4) is 0 Å². The fourth-order valence-electron chi connectivity index (χ4n) is 3.71. The van der Waals surface area contributed by atoms with Crippen molar-refractivity contribution in [2.24, 2.45) is 5.92 Å². The molecular weight excluding hydrogens is 270 g/mol. The van der Waals surface area contributed by atoms with Gasteiger partial charge >= 0.3 is 6.09 Å². The first kappa shape index (κ1) is 14.6. The number of allylic oxidation sites excluding steroid dienone is 1. The van der Waals surface area contributed by atoms with Gasteiger partial charge in [0.15, 0.2) is 0 Å². The van der Waals surface area contributed by atoms with E-state index in [0.717, 1.165) is 38.7 Å². The lowest BCUT2D eigenvalue weighted by atomic mass is 9.71. The molecule has 1 saturated carbocycles. The van der Waals surface area contributed by atoms with E-state index in [9.17, 15) is 9.59 Å². The van der Waals surface area contributed by atoms with Crippen molar-refractivity contribution in [1.29, 1.82) is 0 Å².